The van der Waals surface area contributed by atoms with Crippen molar-refractivity contribution in [1.82, 2.24) is 14.7 Å². The van der Waals surface area contributed by atoms with Crippen molar-refractivity contribution >= 4 is 0 Å². The molecule has 1 aliphatic rings. The van der Waals surface area contributed by atoms with E-state index in [0.717, 1.165) is 12.4 Å². The summed E-state index contributed by atoms with van der Waals surface area (Å²) in [4.78, 5) is 2.52. The molecule has 1 aromatic heterocycles. The number of hydrogen-bond acceptors (Lipinski definition) is 3. The Morgan fingerprint density at radius 3 is 2.53 bits per heavy atom. The highest BCUT2D eigenvalue weighted by molar-refractivity contribution is 5.14. The third-order valence-corrected chi connectivity index (χ3v) is 3.33. The average molecular weight is 267 g/mol. The summed E-state index contributed by atoms with van der Waals surface area (Å²) in [5.41, 5.74) is 1.18. The van der Waals surface area contributed by atoms with Crippen LogP contribution < -0.4 is 4.74 Å². The van der Waals surface area contributed by atoms with Crippen molar-refractivity contribution in [2.45, 2.75) is 53.5 Å². The number of ether oxygens (including phenoxy) is 1. The SMILES string of the molecule is CC.CCOc1cc(C)n(C(C)CN2CCCC2)n1. The van der Waals surface area contributed by atoms with Crippen LogP contribution in [0.3, 0.4) is 0 Å². The van der Waals surface area contributed by atoms with Crippen molar-refractivity contribution in [3.63, 3.8) is 0 Å². The molecule has 1 atom stereocenters. The molecule has 0 saturated carbocycles. The topological polar surface area (TPSA) is 30.3 Å². The van der Waals surface area contributed by atoms with Crippen LogP contribution in [0.1, 0.15) is 52.3 Å². The van der Waals surface area contributed by atoms with Crippen LogP contribution in [0, 0.1) is 6.92 Å². The van der Waals surface area contributed by atoms with Crippen molar-refractivity contribution in [1.29, 1.82) is 0 Å². The molecule has 1 saturated heterocycles. The van der Waals surface area contributed by atoms with E-state index < -0.39 is 0 Å². The van der Waals surface area contributed by atoms with Gasteiger partial charge in [0.15, 0.2) is 0 Å². The van der Waals surface area contributed by atoms with Crippen LogP contribution in [-0.2, 0) is 0 Å². The van der Waals surface area contributed by atoms with Crippen LogP contribution in [0.4, 0.5) is 0 Å². The van der Waals surface area contributed by atoms with Crippen molar-refractivity contribution in [2.75, 3.05) is 26.2 Å². The minimum absolute atomic E-state index is 0.419. The van der Waals surface area contributed by atoms with Gasteiger partial charge in [-0.05, 0) is 46.7 Å². The van der Waals surface area contributed by atoms with Crippen molar-refractivity contribution in [3.8, 4) is 5.88 Å². The predicted octanol–water partition coefficient (Wildman–Crippen LogP) is 3.27. The Kier molecular flexibility index (Phi) is 6.92. The fourth-order valence-corrected chi connectivity index (χ4v) is 2.54. The van der Waals surface area contributed by atoms with Crippen molar-refractivity contribution < 1.29 is 4.74 Å². The summed E-state index contributed by atoms with van der Waals surface area (Å²) in [6.45, 7) is 14.6. The first-order valence-electron chi connectivity index (χ1n) is 7.62. The van der Waals surface area contributed by atoms with E-state index in [1.54, 1.807) is 0 Å². The Morgan fingerprint density at radius 2 is 1.95 bits per heavy atom. The third kappa shape index (κ3) is 4.53. The molecule has 2 rings (SSSR count). The standard InChI is InChI=1S/C13H23N3O.C2H6/c1-4-17-13-9-11(2)16(14-13)12(3)10-15-7-5-6-8-15;1-2/h9,12H,4-8,10H2,1-3H3;1-2H3. The lowest BCUT2D eigenvalue weighted by Crippen LogP contribution is -2.28. The quantitative estimate of drug-likeness (QED) is 0.820. The molecule has 1 fully saturated rings. The van der Waals surface area contributed by atoms with Crippen LogP contribution in [0.15, 0.2) is 6.07 Å². The molecule has 0 radical (unpaired) electrons. The largest absolute Gasteiger partial charge is 0.477 e. The third-order valence-electron chi connectivity index (χ3n) is 3.33. The van der Waals surface area contributed by atoms with Crippen LogP contribution in [0.2, 0.25) is 0 Å². The molecule has 19 heavy (non-hydrogen) atoms. The molecule has 1 aliphatic heterocycles. The second kappa shape index (κ2) is 8.20. The summed E-state index contributed by atoms with van der Waals surface area (Å²) in [7, 11) is 0. The lowest BCUT2D eigenvalue weighted by atomic mass is 10.3. The van der Waals surface area contributed by atoms with Crippen LogP contribution in [0.25, 0.3) is 0 Å². The Morgan fingerprint density at radius 1 is 1.32 bits per heavy atom. The summed E-state index contributed by atoms with van der Waals surface area (Å²) in [5.74, 6) is 0.748. The number of rotatable bonds is 5. The monoisotopic (exact) mass is 267 g/mol. The Labute approximate surface area is 117 Å². The van der Waals surface area contributed by atoms with Gasteiger partial charge in [-0.15, -0.1) is 5.10 Å². The molecule has 1 aromatic rings. The zero-order valence-electron chi connectivity index (χ0n) is 13.1. The van der Waals surface area contributed by atoms with Gasteiger partial charge in [-0.2, -0.15) is 0 Å². The molecule has 0 aromatic carbocycles. The molecule has 0 bridgehead atoms. The second-order valence-electron chi connectivity index (χ2n) is 4.86. The zero-order valence-corrected chi connectivity index (χ0v) is 13.1. The van der Waals surface area contributed by atoms with Gasteiger partial charge >= 0.3 is 0 Å². The maximum Gasteiger partial charge on any atom is 0.232 e. The molecular formula is C15H29N3O. The van der Waals surface area contributed by atoms with Crippen LogP contribution >= 0.6 is 0 Å². The molecule has 0 N–H and O–H groups in total. The molecule has 0 amide bonds. The van der Waals surface area contributed by atoms with Gasteiger partial charge in [0.25, 0.3) is 0 Å². The van der Waals surface area contributed by atoms with Crippen molar-refractivity contribution in [2.24, 2.45) is 0 Å². The second-order valence-corrected chi connectivity index (χ2v) is 4.86. The van der Waals surface area contributed by atoms with Gasteiger partial charge in [-0.25, -0.2) is 0 Å². The molecule has 0 aliphatic carbocycles. The van der Waals surface area contributed by atoms with E-state index in [-0.39, 0.29) is 0 Å². The summed E-state index contributed by atoms with van der Waals surface area (Å²) >= 11 is 0. The van der Waals surface area contributed by atoms with Gasteiger partial charge in [0.1, 0.15) is 0 Å². The highest BCUT2D eigenvalue weighted by atomic mass is 16.5. The fraction of sp³-hybridized carbons (Fsp3) is 0.800. The number of hydrogen-bond donors (Lipinski definition) is 0. The number of likely N-dealkylation sites (tertiary alicyclic amines) is 1. The van der Waals surface area contributed by atoms with Gasteiger partial charge in [0.2, 0.25) is 5.88 Å². The van der Waals surface area contributed by atoms with E-state index in [1.165, 1.54) is 31.6 Å². The van der Waals surface area contributed by atoms with E-state index in [9.17, 15) is 0 Å². The highest BCUT2D eigenvalue weighted by Crippen LogP contribution is 2.18. The molecule has 0 spiro atoms. The maximum atomic E-state index is 5.44. The van der Waals surface area contributed by atoms with E-state index in [4.69, 9.17) is 4.74 Å². The first-order chi connectivity index (χ1) is 9.20. The smallest absolute Gasteiger partial charge is 0.232 e. The summed E-state index contributed by atoms with van der Waals surface area (Å²) in [6, 6.07) is 2.44. The van der Waals surface area contributed by atoms with Gasteiger partial charge < -0.3 is 9.64 Å². The first-order valence-corrected chi connectivity index (χ1v) is 7.62. The normalized spacial score (nSPS) is 16.9. The van der Waals surface area contributed by atoms with Gasteiger partial charge in [-0.3, -0.25) is 4.68 Å². The molecule has 2 heterocycles. The molecule has 110 valence electrons. The Balaban J connectivity index is 0.000000861. The summed E-state index contributed by atoms with van der Waals surface area (Å²) in [6.07, 6.45) is 2.68. The van der Waals surface area contributed by atoms with E-state index >= 15 is 0 Å². The van der Waals surface area contributed by atoms with E-state index in [1.807, 2.05) is 26.8 Å². The highest BCUT2D eigenvalue weighted by Gasteiger charge is 2.17. The lowest BCUT2D eigenvalue weighted by Gasteiger charge is -2.21. The van der Waals surface area contributed by atoms with Crippen LogP contribution in [-0.4, -0.2) is 40.9 Å². The number of aryl methyl sites for hydroxylation is 1. The fourth-order valence-electron chi connectivity index (χ4n) is 2.54. The van der Waals surface area contributed by atoms with Gasteiger partial charge in [0, 0.05) is 18.3 Å². The lowest BCUT2D eigenvalue weighted by molar-refractivity contribution is 0.268. The predicted molar refractivity (Wildman–Crippen MR) is 79.9 cm³/mol. The van der Waals surface area contributed by atoms with Crippen LogP contribution in [0.5, 0.6) is 5.88 Å². The van der Waals surface area contributed by atoms with E-state index in [2.05, 4.69) is 28.5 Å². The summed E-state index contributed by atoms with van der Waals surface area (Å²) < 4.78 is 7.53. The average Bonchev–Trinajstić information content (AvgIpc) is 3.02. The van der Waals surface area contributed by atoms with Gasteiger partial charge in [0.05, 0.1) is 12.6 Å². The molecule has 1 unspecified atom stereocenters. The minimum atomic E-state index is 0.419. The number of nitrogens with zero attached hydrogens (tertiary/aromatic N) is 3. The minimum Gasteiger partial charge on any atom is -0.477 e. The first kappa shape index (κ1) is 16.0. The molecule has 4 nitrogen and oxygen atoms in total. The molecule has 4 heteroatoms. The van der Waals surface area contributed by atoms with Gasteiger partial charge in [-0.1, -0.05) is 13.8 Å². The van der Waals surface area contributed by atoms with E-state index in [0.29, 0.717) is 12.6 Å². The maximum absolute atomic E-state index is 5.44. The van der Waals surface area contributed by atoms with Crippen molar-refractivity contribution in [3.05, 3.63) is 11.8 Å². The Bertz CT molecular complexity index is 356. The zero-order chi connectivity index (χ0) is 14.3. The Hall–Kier alpha value is -1.03. The summed E-state index contributed by atoms with van der Waals surface area (Å²) in [5, 5.41) is 4.51. The molecular weight excluding hydrogens is 238 g/mol. The number of aromatic nitrogens is 2.